The molecule has 184 valence electrons. The number of ether oxygens (including phenoxy) is 1. The Balaban J connectivity index is 1.52. The van der Waals surface area contributed by atoms with Crippen LogP contribution in [0.15, 0.2) is 28.1 Å². The van der Waals surface area contributed by atoms with Gasteiger partial charge in [-0.05, 0) is 10.4 Å². The van der Waals surface area contributed by atoms with E-state index in [1.54, 1.807) is 7.05 Å². The first-order chi connectivity index (χ1) is 16.7. The number of carbonyl (C=O) groups is 4. The van der Waals surface area contributed by atoms with Crippen molar-refractivity contribution in [3.63, 3.8) is 0 Å². The number of thiazole rings is 1. The molecule has 0 bridgehead atoms. The number of rotatable bonds is 8. The molecular weight excluding hydrogens is 522 g/mol. The molecule has 18 heteroatoms. The van der Waals surface area contributed by atoms with Crippen molar-refractivity contribution in [1.82, 2.24) is 35.4 Å². The highest BCUT2D eigenvalue weighted by Crippen LogP contribution is 2.42. The monoisotopic (exact) mass is 539 g/mol. The van der Waals surface area contributed by atoms with Crippen molar-refractivity contribution in [2.75, 3.05) is 17.2 Å². The number of nitrogen functional groups attached to an aromatic ring is 1. The molecule has 1 saturated heterocycles. The lowest BCUT2D eigenvalue weighted by atomic mass is 10.0. The molecule has 35 heavy (non-hydrogen) atoms. The number of anilines is 1. The standard InChI is InChI=1S/C17H17N9O6S3/c1-25-16(22-23-24-25)35-4-6-3-33-14-10(12(29)26(14)13(6)32-17(30)31)21-11(28)7(2-9(18)27)8-5-34-15(19)20-8/h2,5,10,14H,3-4H2,1H3,(H2,18,27)(H2,19,20)(H,21,28)(H,30,31)/t10?,14-/m0/s1. The van der Waals surface area contributed by atoms with E-state index in [2.05, 4.69) is 25.8 Å². The Bertz CT molecular complexity index is 1270. The number of primary amides is 1. The van der Waals surface area contributed by atoms with Gasteiger partial charge in [-0.2, -0.15) is 0 Å². The fourth-order valence-electron chi connectivity index (χ4n) is 3.23. The summed E-state index contributed by atoms with van der Waals surface area (Å²) < 4.78 is 6.40. The normalized spacial score (nSPS) is 19.7. The van der Waals surface area contributed by atoms with Gasteiger partial charge in [0.2, 0.25) is 16.9 Å². The minimum atomic E-state index is -1.58. The smallest absolute Gasteiger partial charge is 0.449 e. The van der Waals surface area contributed by atoms with Crippen LogP contribution in [0.3, 0.4) is 0 Å². The topological polar surface area (TPSA) is 222 Å². The van der Waals surface area contributed by atoms with Crippen LogP contribution in [-0.4, -0.2) is 82.0 Å². The van der Waals surface area contributed by atoms with Crippen LogP contribution in [0, 0.1) is 0 Å². The number of nitrogens with zero attached hydrogens (tertiary/aromatic N) is 6. The molecule has 1 unspecified atom stereocenters. The van der Waals surface area contributed by atoms with Crippen molar-refractivity contribution in [2.24, 2.45) is 12.8 Å². The first-order valence-corrected chi connectivity index (χ1v) is 12.5. The van der Waals surface area contributed by atoms with Gasteiger partial charge in [-0.15, -0.1) is 28.2 Å². The Hall–Kier alpha value is -3.64. The van der Waals surface area contributed by atoms with E-state index in [1.165, 1.54) is 38.5 Å². The third-order valence-electron chi connectivity index (χ3n) is 4.75. The first kappa shape index (κ1) is 24.5. The van der Waals surface area contributed by atoms with Crippen LogP contribution >= 0.6 is 34.9 Å². The molecule has 0 saturated carbocycles. The number of fused-ring (bicyclic) bond motifs is 1. The van der Waals surface area contributed by atoms with E-state index >= 15 is 0 Å². The van der Waals surface area contributed by atoms with Crippen molar-refractivity contribution in [2.45, 2.75) is 16.6 Å². The molecule has 15 nitrogen and oxygen atoms in total. The molecule has 2 aromatic heterocycles. The lowest BCUT2D eigenvalue weighted by Crippen LogP contribution is -2.70. The van der Waals surface area contributed by atoms with Crippen LogP contribution in [0.2, 0.25) is 0 Å². The van der Waals surface area contributed by atoms with Crippen molar-refractivity contribution in [3.8, 4) is 0 Å². The highest BCUT2D eigenvalue weighted by Gasteiger charge is 2.54. The van der Waals surface area contributed by atoms with Crippen LogP contribution in [0.25, 0.3) is 5.57 Å². The van der Waals surface area contributed by atoms with Gasteiger partial charge in [0.25, 0.3) is 11.8 Å². The minimum absolute atomic E-state index is 0.112. The zero-order valence-electron chi connectivity index (χ0n) is 17.8. The lowest BCUT2D eigenvalue weighted by molar-refractivity contribution is -0.148. The highest BCUT2D eigenvalue weighted by molar-refractivity contribution is 8.01. The van der Waals surface area contributed by atoms with Crippen molar-refractivity contribution in [1.29, 1.82) is 0 Å². The maximum absolute atomic E-state index is 12.9. The van der Waals surface area contributed by atoms with E-state index in [0.29, 0.717) is 16.5 Å². The van der Waals surface area contributed by atoms with E-state index in [9.17, 15) is 24.3 Å². The summed E-state index contributed by atoms with van der Waals surface area (Å²) in [6.07, 6.45) is -0.685. The first-order valence-electron chi connectivity index (χ1n) is 9.61. The second-order valence-electron chi connectivity index (χ2n) is 7.04. The zero-order valence-corrected chi connectivity index (χ0v) is 20.2. The van der Waals surface area contributed by atoms with Crippen LogP contribution in [0.4, 0.5) is 9.93 Å². The van der Waals surface area contributed by atoms with E-state index in [1.807, 2.05) is 0 Å². The Morgan fingerprint density at radius 3 is 2.80 bits per heavy atom. The number of carbonyl (C=O) groups excluding carboxylic acids is 3. The maximum Gasteiger partial charge on any atom is 0.512 e. The van der Waals surface area contributed by atoms with Gasteiger partial charge in [0.05, 0.1) is 11.3 Å². The number of nitrogens with two attached hydrogens (primary N) is 2. The molecule has 4 heterocycles. The predicted octanol–water partition coefficient (Wildman–Crippen LogP) is -0.784. The van der Waals surface area contributed by atoms with E-state index in [0.717, 1.165) is 17.4 Å². The highest BCUT2D eigenvalue weighted by atomic mass is 32.2. The summed E-state index contributed by atoms with van der Waals surface area (Å²) in [5, 5.41) is 24.4. The van der Waals surface area contributed by atoms with Crippen molar-refractivity contribution >= 4 is 69.4 Å². The second-order valence-corrected chi connectivity index (χ2v) is 9.98. The van der Waals surface area contributed by atoms with E-state index in [-0.39, 0.29) is 28.0 Å². The molecular formula is C17H17N9O6S3. The Morgan fingerprint density at radius 1 is 1.43 bits per heavy atom. The van der Waals surface area contributed by atoms with Crippen LogP contribution in [-0.2, 0) is 26.2 Å². The second kappa shape index (κ2) is 9.92. The third kappa shape index (κ3) is 5.08. The lowest BCUT2D eigenvalue weighted by Gasteiger charge is -2.49. The number of amides is 3. The van der Waals surface area contributed by atoms with Gasteiger partial charge in [0.1, 0.15) is 11.4 Å². The van der Waals surface area contributed by atoms with Crippen molar-refractivity contribution < 1.29 is 29.0 Å². The van der Waals surface area contributed by atoms with Crippen LogP contribution in [0.1, 0.15) is 5.69 Å². The van der Waals surface area contributed by atoms with Gasteiger partial charge in [-0.3, -0.25) is 19.3 Å². The van der Waals surface area contributed by atoms with Gasteiger partial charge < -0.3 is 26.6 Å². The molecule has 2 aliphatic rings. The summed E-state index contributed by atoms with van der Waals surface area (Å²) in [7, 11) is 1.66. The van der Waals surface area contributed by atoms with Crippen molar-refractivity contribution in [3.05, 3.63) is 28.6 Å². The molecule has 1 fully saturated rings. The molecule has 0 spiro atoms. The summed E-state index contributed by atoms with van der Waals surface area (Å²) >= 11 is 3.63. The summed E-state index contributed by atoms with van der Waals surface area (Å²) in [6, 6.07) is -0.996. The number of hydrogen-bond donors (Lipinski definition) is 4. The molecule has 0 aliphatic carbocycles. The average Bonchev–Trinajstić information content (AvgIpc) is 3.41. The van der Waals surface area contributed by atoms with Gasteiger partial charge in [-0.25, -0.2) is 14.5 Å². The van der Waals surface area contributed by atoms with Gasteiger partial charge in [0, 0.05) is 35.6 Å². The van der Waals surface area contributed by atoms with Gasteiger partial charge in [0.15, 0.2) is 5.13 Å². The molecule has 3 amide bonds. The van der Waals surface area contributed by atoms with Crippen LogP contribution < -0.4 is 16.8 Å². The number of hydrogen-bond acceptors (Lipinski definition) is 13. The molecule has 4 rings (SSSR count). The Morgan fingerprint density at radius 2 is 2.20 bits per heavy atom. The summed E-state index contributed by atoms with van der Waals surface area (Å²) in [5.41, 5.74) is 11.4. The zero-order chi connectivity index (χ0) is 25.3. The number of carboxylic acid groups (broad SMARTS) is 1. The van der Waals surface area contributed by atoms with E-state index < -0.39 is 35.3 Å². The molecule has 2 aliphatic heterocycles. The third-order valence-corrected chi connectivity index (χ3v) is 7.86. The fraction of sp³-hybridized carbons (Fsp3) is 0.294. The average molecular weight is 540 g/mol. The summed E-state index contributed by atoms with van der Waals surface area (Å²) in [6.45, 7) is 0. The molecule has 0 radical (unpaired) electrons. The van der Waals surface area contributed by atoms with Crippen LogP contribution in [0.5, 0.6) is 0 Å². The van der Waals surface area contributed by atoms with Gasteiger partial charge >= 0.3 is 6.16 Å². The molecule has 2 atom stereocenters. The number of aryl methyl sites for hydroxylation is 1. The number of tetrazole rings is 1. The molecule has 6 N–H and O–H groups in total. The largest absolute Gasteiger partial charge is 0.512 e. The minimum Gasteiger partial charge on any atom is -0.449 e. The summed E-state index contributed by atoms with van der Waals surface area (Å²) in [4.78, 5) is 53.8. The number of β-lactam (4-membered cyclic amide) rings is 1. The summed E-state index contributed by atoms with van der Waals surface area (Å²) in [5.74, 6) is -1.72. The Labute approximate surface area is 208 Å². The molecule has 0 aromatic carbocycles. The SMILES string of the molecule is Cn1nnnc1SCC1=C(OC(=O)O)N2C(=O)C(NC(=O)C(=CC(N)=O)c3csc(N)n3)[C@@H]2SC1. The fourth-order valence-corrected chi connectivity index (χ4v) is 6.09. The number of thioether (sulfide) groups is 2. The molecule has 2 aromatic rings. The number of aromatic nitrogens is 5. The number of nitrogens with one attached hydrogen (secondary N) is 1. The Kier molecular flexibility index (Phi) is 6.94. The van der Waals surface area contributed by atoms with Gasteiger partial charge in [-0.1, -0.05) is 11.8 Å². The maximum atomic E-state index is 12.9. The predicted molar refractivity (Wildman–Crippen MR) is 124 cm³/mol. The quantitative estimate of drug-likeness (QED) is 0.140. The van der Waals surface area contributed by atoms with E-state index in [4.69, 9.17) is 16.2 Å².